The quantitative estimate of drug-likeness (QED) is 0.629. The first-order chi connectivity index (χ1) is 12.9. The molecule has 0 spiro atoms. The first-order valence-electron chi connectivity index (χ1n) is 9.43. The van der Waals surface area contributed by atoms with Gasteiger partial charge in [0.15, 0.2) is 0 Å². The van der Waals surface area contributed by atoms with Gasteiger partial charge in [-0.15, -0.1) is 0 Å². The van der Waals surface area contributed by atoms with E-state index in [1.54, 1.807) is 13.4 Å². The van der Waals surface area contributed by atoms with Crippen LogP contribution in [0.15, 0.2) is 36.8 Å². The number of hydrogen-bond donors (Lipinski definition) is 0. The minimum Gasteiger partial charge on any atom is -0.495 e. The number of imidazole rings is 1. The monoisotopic (exact) mass is 364 g/mol. The number of nitrogens with zero attached hydrogens (tertiary/aromatic N) is 4. The highest BCUT2D eigenvalue weighted by atomic mass is 16.5. The number of hydrogen-bond acceptors (Lipinski definition) is 4. The van der Waals surface area contributed by atoms with Gasteiger partial charge in [0, 0.05) is 24.0 Å². The summed E-state index contributed by atoms with van der Waals surface area (Å²) in [5.74, 6) is 2.43. The average Bonchev–Trinajstić information content (AvgIpc) is 3.07. The van der Waals surface area contributed by atoms with Crippen molar-refractivity contribution < 1.29 is 4.74 Å². The summed E-state index contributed by atoms with van der Waals surface area (Å²) in [4.78, 5) is 13.9. The first kappa shape index (κ1) is 19.1. The normalized spacial score (nSPS) is 11.4. The molecule has 0 atom stereocenters. The number of aryl methyl sites for hydroxylation is 1. The minimum atomic E-state index is 0.380. The molecule has 5 nitrogen and oxygen atoms in total. The minimum absolute atomic E-state index is 0.380. The van der Waals surface area contributed by atoms with Gasteiger partial charge >= 0.3 is 0 Å². The highest BCUT2D eigenvalue weighted by Gasteiger charge is 2.13. The van der Waals surface area contributed by atoms with E-state index in [0.717, 1.165) is 39.9 Å². The van der Waals surface area contributed by atoms with Crippen LogP contribution in [0.1, 0.15) is 68.0 Å². The van der Waals surface area contributed by atoms with Crippen molar-refractivity contribution in [1.82, 2.24) is 19.5 Å². The van der Waals surface area contributed by atoms with Gasteiger partial charge in [-0.1, -0.05) is 33.8 Å². The topological polar surface area (TPSA) is 52.8 Å². The standard InChI is InChI=1S/C22H28N4O/c1-14(2)18-11-19(15(3)4)25-22(24-18)10-17-7-8-20(21(9-17)27-6)26-12-16(5)23-13-26/h7-9,11-15H,10H2,1-6H3. The summed E-state index contributed by atoms with van der Waals surface area (Å²) in [5, 5.41) is 0. The fourth-order valence-electron chi connectivity index (χ4n) is 2.99. The maximum atomic E-state index is 5.62. The van der Waals surface area contributed by atoms with E-state index < -0.39 is 0 Å². The number of rotatable bonds is 6. The van der Waals surface area contributed by atoms with Crippen molar-refractivity contribution in [2.24, 2.45) is 0 Å². The van der Waals surface area contributed by atoms with E-state index >= 15 is 0 Å². The third-order valence-corrected chi connectivity index (χ3v) is 4.59. The molecule has 2 heterocycles. The molecule has 0 radical (unpaired) electrons. The van der Waals surface area contributed by atoms with Crippen LogP contribution in [0.25, 0.3) is 5.69 Å². The van der Waals surface area contributed by atoms with E-state index in [1.807, 2.05) is 17.7 Å². The Morgan fingerprint density at radius 1 is 1.00 bits per heavy atom. The van der Waals surface area contributed by atoms with E-state index in [1.165, 1.54) is 0 Å². The zero-order valence-electron chi connectivity index (χ0n) is 17.0. The highest BCUT2D eigenvalue weighted by molar-refractivity contribution is 5.49. The molecule has 0 unspecified atom stereocenters. The Balaban J connectivity index is 1.94. The predicted molar refractivity (Wildman–Crippen MR) is 108 cm³/mol. The third-order valence-electron chi connectivity index (χ3n) is 4.59. The summed E-state index contributed by atoms with van der Waals surface area (Å²) in [7, 11) is 1.69. The van der Waals surface area contributed by atoms with Crippen LogP contribution in [0.3, 0.4) is 0 Å². The molecular weight excluding hydrogens is 336 g/mol. The Bertz CT molecular complexity index is 902. The molecule has 142 valence electrons. The van der Waals surface area contributed by atoms with Gasteiger partial charge in [-0.25, -0.2) is 15.0 Å². The van der Waals surface area contributed by atoms with Crippen LogP contribution < -0.4 is 4.74 Å². The molecular formula is C22H28N4O. The van der Waals surface area contributed by atoms with Crippen LogP contribution in [0.5, 0.6) is 5.75 Å². The van der Waals surface area contributed by atoms with E-state index in [0.29, 0.717) is 18.3 Å². The van der Waals surface area contributed by atoms with Gasteiger partial charge < -0.3 is 9.30 Å². The van der Waals surface area contributed by atoms with E-state index in [9.17, 15) is 0 Å². The van der Waals surface area contributed by atoms with Crippen LogP contribution in [-0.4, -0.2) is 26.6 Å². The van der Waals surface area contributed by atoms with Crippen molar-refractivity contribution in [3.8, 4) is 11.4 Å². The van der Waals surface area contributed by atoms with Crippen molar-refractivity contribution in [1.29, 1.82) is 0 Å². The van der Waals surface area contributed by atoms with Crippen LogP contribution in [0.4, 0.5) is 0 Å². The van der Waals surface area contributed by atoms with E-state index in [4.69, 9.17) is 14.7 Å². The SMILES string of the molecule is COc1cc(Cc2nc(C(C)C)cc(C(C)C)n2)ccc1-n1cnc(C)c1. The van der Waals surface area contributed by atoms with Crippen molar-refractivity contribution in [2.45, 2.75) is 52.9 Å². The van der Waals surface area contributed by atoms with Crippen molar-refractivity contribution in [3.63, 3.8) is 0 Å². The Morgan fingerprint density at radius 2 is 1.67 bits per heavy atom. The lowest BCUT2D eigenvalue weighted by Crippen LogP contribution is -2.07. The lowest BCUT2D eigenvalue weighted by atomic mass is 10.0. The molecule has 0 N–H and O–H groups in total. The molecule has 0 amide bonds. The first-order valence-corrected chi connectivity index (χ1v) is 9.43. The maximum Gasteiger partial charge on any atom is 0.143 e. The summed E-state index contributed by atoms with van der Waals surface area (Å²) in [5.41, 5.74) is 5.27. The summed E-state index contributed by atoms with van der Waals surface area (Å²) in [6.45, 7) is 10.6. The Morgan fingerprint density at radius 3 is 2.19 bits per heavy atom. The molecule has 0 saturated heterocycles. The van der Waals surface area contributed by atoms with Gasteiger partial charge in [-0.05, 0) is 42.5 Å². The molecule has 3 aromatic rings. The lowest BCUT2D eigenvalue weighted by Gasteiger charge is -2.14. The zero-order valence-corrected chi connectivity index (χ0v) is 17.0. The number of methoxy groups -OCH3 is 1. The number of ether oxygens (including phenoxy) is 1. The number of aromatic nitrogens is 4. The van der Waals surface area contributed by atoms with Crippen molar-refractivity contribution >= 4 is 0 Å². The van der Waals surface area contributed by atoms with Gasteiger partial charge in [0.25, 0.3) is 0 Å². The van der Waals surface area contributed by atoms with Gasteiger partial charge in [0.1, 0.15) is 11.6 Å². The molecule has 0 bridgehead atoms. The van der Waals surface area contributed by atoms with Crippen LogP contribution in [-0.2, 0) is 6.42 Å². The largest absolute Gasteiger partial charge is 0.495 e. The van der Waals surface area contributed by atoms with Gasteiger partial charge in [-0.2, -0.15) is 0 Å². The van der Waals surface area contributed by atoms with E-state index in [2.05, 4.69) is 56.9 Å². The lowest BCUT2D eigenvalue weighted by molar-refractivity contribution is 0.412. The Labute approximate surface area is 161 Å². The second-order valence-electron chi connectivity index (χ2n) is 7.55. The fraction of sp³-hybridized carbons (Fsp3) is 0.409. The summed E-state index contributed by atoms with van der Waals surface area (Å²) >= 11 is 0. The molecule has 1 aromatic carbocycles. The molecule has 3 rings (SSSR count). The summed E-state index contributed by atoms with van der Waals surface area (Å²) < 4.78 is 7.60. The molecule has 0 fully saturated rings. The molecule has 0 aliphatic carbocycles. The zero-order chi connectivity index (χ0) is 19.6. The second kappa shape index (κ2) is 7.91. The molecule has 5 heteroatoms. The van der Waals surface area contributed by atoms with Crippen LogP contribution in [0, 0.1) is 6.92 Å². The Hall–Kier alpha value is -2.69. The molecule has 0 aliphatic heterocycles. The maximum absolute atomic E-state index is 5.62. The average molecular weight is 364 g/mol. The van der Waals surface area contributed by atoms with Crippen LogP contribution in [0.2, 0.25) is 0 Å². The molecule has 2 aromatic heterocycles. The van der Waals surface area contributed by atoms with Crippen molar-refractivity contribution in [2.75, 3.05) is 7.11 Å². The summed E-state index contributed by atoms with van der Waals surface area (Å²) in [6, 6.07) is 8.35. The molecule has 0 saturated carbocycles. The number of benzene rings is 1. The van der Waals surface area contributed by atoms with E-state index in [-0.39, 0.29) is 0 Å². The van der Waals surface area contributed by atoms with Gasteiger partial charge in [0.05, 0.1) is 24.8 Å². The second-order valence-corrected chi connectivity index (χ2v) is 7.55. The molecule has 0 aliphatic rings. The fourth-order valence-corrected chi connectivity index (χ4v) is 2.99. The van der Waals surface area contributed by atoms with Gasteiger partial charge in [0.2, 0.25) is 0 Å². The van der Waals surface area contributed by atoms with Gasteiger partial charge in [-0.3, -0.25) is 0 Å². The molecule has 27 heavy (non-hydrogen) atoms. The summed E-state index contributed by atoms with van der Waals surface area (Å²) in [6.07, 6.45) is 4.47. The predicted octanol–water partition coefficient (Wildman–Crippen LogP) is 4.82. The smallest absolute Gasteiger partial charge is 0.143 e. The third kappa shape index (κ3) is 4.35. The highest BCUT2D eigenvalue weighted by Crippen LogP contribution is 2.26. The van der Waals surface area contributed by atoms with Crippen LogP contribution >= 0.6 is 0 Å². The Kier molecular flexibility index (Phi) is 5.59. The van der Waals surface area contributed by atoms with Crippen molar-refractivity contribution in [3.05, 3.63) is 65.3 Å².